The zero-order valence-corrected chi connectivity index (χ0v) is 14.6. The Morgan fingerprint density at radius 3 is 2.70 bits per heavy atom. The zero-order chi connectivity index (χ0) is 14.3. The van der Waals surface area contributed by atoms with Gasteiger partial charge in [-0.15, -0.1) is 11.3 Å². The summed E-state index contributed by atoms with van der Waals surface area (Å²) in [4.78, 5) is 1.09. The van der Waals surface area contributed by atoms with E-state index in [2.05, 4.69) is 43.0 Å². The number of nitrogens with two attached hydrogens (primary N) is 1. The van der Waals surface area contributed by atoms with Gasteiger partial charge < -0.3 is 5.73 Å². The molecule has 0 fully saturated rings. The summed E-state index contributed by atoms with van der Waals surface area (Å²) >= 11 is 8.72. The standard InChI is InChI=1S/C14H11Br2N3S/c1-19-14(17)11(8-3-2-4-9(15)7-8)12(18-19)13-10(16)5-6-20-13/h2-7H,17H2,1H3. The molecule has 0 aliphatic carbocycles. The fourth-order valence-electron chi connectivity index (χ4n) is 2.09. The van der Waals surface area contributed by atoms with Crippen molar-refractivity contribution in [2.24, 2.45) is 7.05 Å². The first-order valence-electron chi connectivity index (χ1n) is 5.89. The summed E-state index contributed by atoms with van der Waals surface area (Å²) in [5, 5.41) is 6.61. The third-order valence-electron chi connectivity index (χ3n) is 3.04. The Morgan fingerprint density at radius 1 is 1.25 bits per heavy atom. The highest BCUT2D eigenvalue weighted by molar-refractivity contribution is 9.10. The molecular formula is C14H11Br2N3S. The van der Waals surface area contributed by atoms with E-state index in [4.69, 9.17) is 5.73 Å². The minimum absolute atomic E-state index is 0.665. The highest BCUT2D eigenvalue weighted by Crippen LogP contribution is 2.41. The van der Waals surface area contributed by atoms with Gasteiger partial charge in [0.2, 0.25) is 0 Å². The quantitative estimate of drug-likeness (QED) is 0.648. The summed E-state index contributed by atoms with van der Waals surface area (Å²) in [6, 6.07) is 10.1. The number of nitrogens with zero attached hydrogens (tertiary/aromatic N) is 2. The number of anilines is 1. The van der Waals surface area contributed by atoms with Gasteiger partial charge in [-0.1, -0.05) is 28.1 Å². The van der Waals surface area contributed by atoms with Gasteiger partial charge in [0.1, 0.15) is 11.5 Å². The van der Waals surface area contributed by atoms with E-state index in [1.54, 1.807) is 16.0 Å². The average molecular weight is 413 g/mol. The highest BCUT2D eigenvalue weighted by Gasteiger charge is 2.20. The molecule has 0 aliphatic heterocycles. The molecule has 6 heteroatoms. The van der Waals surface area contributed by atoms with Crippen molar-refractivity contribution in [1.82, 2.24) is 9.78 Å². The molecule has 1 aromatic carbocycles. The van der Waals surface area contributed by atoms with E-state index < -0.39 is 0 Å². The smallest absolute Gasteiger partial charge is 0.129 e. The van der Waals surface area contributed by atoms with Crippen LogP contribution in [0.5, 0.6) is 0 Å². The number of halogens is 2. The SMILES string of the molecule is Cn1nc(-c2sccc2Br)c(-c2cccc(Br)c2)c1N. The van der Waals surface area contributed by atoms with Crippen molar-refractivity contribution < 1.29 is 0 Å². The van der Waals surface area contributed by atoms with Gasteiger partial charge in [-0.2, -0.15) is 5.10 Å². The van der Waals surface area contributed by atoms with Gasteiger partial charge >= 0.3 is 0 Å². The summed E-state index contributed by atoms with van der Waals surface area (Å²) in [6.07, 6.45) is 0. The second kappa shape index (κ2) is 5.35. The number of rotatable bonds is 2. The Hall–Kier alpha value is -1.11. The van der Waals surface area contributed by atoms with Gasteiger partial charge in [0.15, 0.2) is 0 Å². The van der Waals surface area contributed by atoms with Crippen molar-refractivity contribution in [3.63, 3.8) is 0 Å². The van der Waals surface area contributed by atoms with Crippen LogP contribution in [0.2, 0.25) is 0 Å². The van der Waals surface area contributed by atoms with Crippen LogP contribution in [-0.4, -0.2) is 9.78 Å². The van der Waals surface area contributed by atoms with Crippen molar-refractivity contribution in [3.8, 4) is 21.7 Å². The molecule has 0 saturated heterocycles. The van der Waals surface area contributed by atoms with Gasteiger partial charge in [0.05, 0.1) is 10.4 Å². The minimum Gasteiger partial charge on any atom is -0.383 e. The largest absolute Gasteiger partial charge is 0.383 e. The molecule has 2 aromatic heterocycles. The normalized spacial score (nSPS) is 10.9. The molecular weight excluding hydrogens is 402 g/mol. The van der Waals surface area contributed by atoms with Gasteiger partial charge in [-0.25, -0.2) is 0 Å². The lowest BCUT2D eigenvalue weighted by Crippen LogP contribution is -1.97. The summed E-state index contributed by atoms with van der Waals surface area (Å²) in [6.45, 7) is 0. The van der Waals surface area contributed by atoms with Crippen LogP contribution in [-0.2, 0) is 7.05 Å². The third-order valence-corrected chi connectivity index (χ3v) is 5.37. The van der Waals surface area contributed by atoms with Crippen molar-refractivity contribution >= 4 is 49.0 Å². The third kappa shape index (κ3) is 2.32. The van der Waals surface area contributed by atoms with Crippen molar-refractivity contribution in [2.45, 2.75) is 0 Å². The number of nitrogen functional groups attached to an aromatic ring is 1. The first-order valence-corrected chi connectivity index (χ1v) is 8.36. The molecule has 0 aliphatic rings. The molecule has 0 atom stereocenters. The maximum absolute atomic E-state index is 6.22. The molecule has 3 aromatic rings. The van der Waals surface area contributed by atoms with E-state index in [0.717, 1.165) is 30.6 Å². The van der Waals surface area contributed by atoms with E-state index in [1.165, 1.54) is 0 Å². The number of hydrogen-bond donors (Lipinski definition) is 1. The fourth-order valence-corrected chi connectivity index (χ4v) is 4.04. The van der Waals surface area contributed by atoms with E-state index >= 15 is 0 Å². The maximum Gasteiger partial charge on any atom is 0.129 e. The number of benzene rings is 1. The Labute approximate surface area is 137 Å². The Balaban J connectivity index is 2.28. The predicted molar refractivity (Wildman–Crippen MR) is 91.8 cm³/mol. The van der Waals surface area contributed by atoms with Gasteiger partial charge in [-0.05, 0) is 45.1 Å². The van der Waals surface area contributed by atoms with E-state index in [9.17, 15) is 0 Å². The number of thiophene rings is 1. The Kier molecular flexibility index (Phi) is 3.70. The maximum atomic E-state index is 6.22. The molecule has 2 N–H and O–H groups in total. The highest BCUT2D eigenvalue weighted by atomic mass is 79.9. The van der Waals surface area contributed by atoms with Crippen LogP contribution in [0.1, 0.15) is 0 Å². The minimum atomic E-state index is 0.665. The molecule has 0 radical (unpaired) electrons. The summed E-state index contributed by atoms with van der Waals surface area (Å²) in [7, 11) is 1.86. The van der Waals surface area contributed by atoms with Crippen molar-refractivity contribution in [1.29, 1.82) is 0 Å². The van der Waals surface area contributed by atoms with Gasteiger partial charge in [-0.3, -0.25) is 4.68 Å². The van der Waals surface area contributed by atoms with Crippen LogP contribution >= 0.6 is 43.2 Å². The summed E-state index contributed by atoms with van der Waals surface area (Å²) in [5.41, 5.74) is 9.15. The summed E-state index contributed by atoms with van der Waals surface area (Å²) < 4.78 is 3.78. The zero-order valence-electron chi connectivity index (χ0n) is 10.6. The monoisotopic (exact) mass is 411 g/mol. The van der Waals surface area contributed by atoms with Crippen molar-refractivity contribution in [3.05, 3.63) is 44.7 Å². The van der Waals surface area contributed by atoms with Crippen LogP contribution in [0, 0.1) is 0 Å². The molecule has 20 heavy (non-hydrogen) atoms. The molecule has 2 heterocycles. The van der Waals surface area contributed by atoms with Crippen LogP contribution in [0.3, 0.4) is 0 Å². The van der Waals surface area contributed by atoms with E-state index in [-0.39, 0.29) is 0 Å². The second-order valence-electron chi connectivity index (χ2n) is 4.34. The summed E-state index contributed by atoms with van der Waals surface area (Å²) in [5.74, 6) is 0.665. The first-order chi connectivity index (χ1) is 9.58. The molecule has 102 valence electrons. The lowest BCUT2D eigenvalue weighted by Gasteiger charge is -2.04. The molecule has 0 saturated carbocycles. The van der Waals surface area contributed by atoms with Crippen LogP contribution < -0.4 is 5.73 Å². The van der Waals surface area contributed by atoms with Crippen LogP contribution in [0.15, 0.2) is 44.7 Å². The van der Waals surface area contributed by atoms with E-state index in [0.29, 0.717) is 5.82 Å². The lowest BCUT2D eigenvalue weighted by molar-refractivity contribution is 0.783. The fraction of sp³-hybridized carbons (Fsp3) is 0.0714. The number of aromatic nitrogens is 2. The van der Waals surface area contributed by atoms with E-state index in [1.807, 2.05) is 36.7 Å². The predicted octanol–water partition coefficient (Wildman–Crippen LogP) is 4.92. The van der Waals surface area contributed by atoms with Crippen LogP contribution in [0.25, 0.3) is 21.7 Å². The number of hydrogen-bond acceptors (Lipinski definition) is 3. The second-order valence-corrected chi connectivity index (χ2v) is 7.03. The molecule has 0 amide bonds. The topological polar surface area (TPSA) is 43.8 Å². The average Bonchev–Trinajstić information content (AvgIpc) is 2.94. The molecule has 3 rings (SSSR count). The van der Waals surface area contributed by atoms with Crippen LogP contribution in [0.4, 0.5) is 5.82 Å². The Morgan fingerprint density at radius 2 is 2.05 bits per heavy atom. The first kappa shape index (κ1) is 13.9. The molecule has 0 unspecified atom stereocenters. The molecule has 0 spiro atoms. The molecule has 3 nitrogen and oxygen atoms in total. The Bertz CT molecular complexity index is 777. The lowest BCUT2D eigenvalue weighted by atomic mass is 10.0. The van der Waals surface area contributed by atoms with Gasteiger partial charge in [0, 0.05) is 16.0 Å². The number of aryl methyl sites for hydroxylation is 1. The van der Waals surface area contributed by atoms with Gasteiger partial charge in [0.25, 0.3) is 0 Å². The van der Waals surface area contributed by atoms with Crippen molar-refractivity contribution in [2.75, 3.05) is 5.73 Å². The molecule has 0 bridgehead atoms.